The molecule has 2 N–H and O–H groups in total. The lowest BCUT2D eigenvalue weighted by molar-refractivity contribution is -0.150. The lowest BCUT2D eigenvalue weighted by atomic mass is 10.1. The first-order valence-corrected chi connectivity index (χ1v) is 5.14. The van der Waals surface area contributed by atoms with Crippen LogP contribution in [0.5, 0.6) is 0 Å². The maximum atomic E-state index is 11.1. The SMILES string of the molecule is CCOC(C(=O)O)c1c[nH]c2ccccc12. The summed E-state index contributed by atoms with van der Waals surface area (Å²) in [6, 6.07) is 7.57. The summed E-state index contributed by atoms with van der Waals surface area (Å²) in [4.78, 5) is 14.1. The van der Waals surface area contributed by atoms with Crippen molar-refractivity contribution in [3.63, 3.8) is 0 Å². The molecule has 0 aliphatic rings. The van der Waals surface area contributed by atoms with Gasteiger partial charge in [-0.05, 0) is 13.0 Å². The standard InChI is InChI=1S/C12H13NO3/c1-2-16-11(12(14)15)9-7-13-10-6-4-3-5-8(9)10/h3-7,11,13H,2H2,1H3,(H,14,15). The summed E-state index contributed by atoms with van der Waals surface area (Å²) < 4.78 is 5.24. The van der Waals surface area contributed by atoms with Crippen LogP contribution in [-0.4, -0.2) is 22.7 Å². The van der Waals surface area contributed by atoms with Gasteiger partial charge in [-0.15, -0.1) is 0 Å². The van der Waals surface area contributed by atoms with Crippen LogP contribution < -0.4 is 0 Å². The van der Waals surface area contributed by atoms with E-state index in [1.54, 1.807) is 13.1 Å². The summed E-state index contributed by atoms with van der Waals surface area (Å²) in [5, 5.41) is 9.99. The number of nitrogens with one attached hydrogen (secondary N) is 1. The van der Waals surface area contributed by atoms with Gasteiger partial charge in [0.2, 0.25) is 0 Å². The summed E-state index contributed by atoms with van der Waals surface area (Å²) in [6.45, 7) is 2.15. The quantitative estimate of drug-likeness (QED) is 0.829. The molecule has 1 unspecified atom stereocenters. The van der Waals surface area contributed by atoms with Gasteiger partial charge in [-0.2, -0.15) is 0 Å². The Morgan fingerprint density at radius 3 is 2.94 bits per heavy atom. The molecule has 4 heteroatoms. The van der Waals surface area contributed by atoms with Crippen molar-refractivity contribution in [1.29, 1.82) is 0 Å². The first kappa shape index (κ1) is 10.7. The molecule has 0 amide bonds. The van der Waals surface area contributed by atoms with E-state index < -0.39 is 12.1 Å². The molecule has 0 saturated carbocycles. The number of aromatic nitrogens is 1. The normalized spacial score (nSPS) is 12.8. The van der Waals surface area contributed by atoms with Crippen LogP contribution in [0.15, 0.2) is 30.5 Å². The number of carboxylic acids is 1. The van der Waals surface area contributed by atoms with Gasteiger partial charge < -0.3 is 14.8 Å². The fourth-order valence-corrected chi connectivity index (χ4v) is 1.77. The van der Waals surface area contributed by atoms with E-state index in [1.807, 2.05) is 24.3 Å². The Morgan fingerprint density at radius 2 is 2.25 bits per heavy atom. The molecule has 0 spiro atoms. The molecule has 1 aromatic carbocycles. The van der Waals surface area contributed by atoms with E-state index in [-0.39, 0.29) is 0 Å². The van der Waals surface area contributed by atoms with Gasteiger partial charge in [0.1, 0.15) is 0 Å². The highest BCUT2D eigenvalue weighted by Crippen LogP contribution is 2.26. The molecule has 1 heterocycles. The first-order valence-electron chi connectivity index (χ1n) is 5.14. The smallest absolute Gasteiger partial charge is 0.337 e. The van der Waals surface area contributed by atoms with E-state index in [0.717, 1.165) is 10.9 Å². The van der Waals surface area contributed by atoms with Gasteiger partial charge in [0, 0.05) is 29.3 Å². The Balaban J connectivity index is 2.48. The first-order chi connectivity index (χ1) is 7.74. The van der Waals surface area contributed by atoms with E-state index in [9.17, 15) is 4.79 Å². The number of fused-ring (bicyclic) bond motifs is 1. The van der Waals surface area contributed by atoms with Gasteiger partial charge in [-0.25, -0.2) is 4.79 Å². The second-order valence-electron chi connectivity index (χ2n) is 3.46. The highest BCUT2D eigenvalue weighted by Gasteiger charge is 2.22. The zero-order valence-corrected chi connectivity index (χ0v) is 8.93. The molecular weight excluding hydrogens is 206 g/mol. The maximum absolute atomic E-state index is 11.1. The molecule has 16 heavy (non-hydrogen) atoms. The summed E-state index contributed by atoms with van der Waals surface area (Å²) in [7, 11) is 0. The van der Waals surface area contributed by atoms with E-state index in [0.29, 0.717) is 12.2 Å². The van der Waals surface area contributed by atoms with Crippen LogP contribution in [0.25, 0.3) is 10.9 Å². The molecular formula is C12H13NO3. The molecule has 4 nitrogen and oxygen atoms in total. The molecule has 0 radical (unpaired) electrons. The van der Waals surface area contributed by atoms with Gasteiger partial charge in [-0.1, -0.05) is 18.2 Å². The highest BCUT2D eigenvalue weighted by atomic mass is 16.5. The second kappa shape index (κ2) is 4.37. The number of carbonyl (C=O) groups is 1. The molecule has 2 aromatic rings. The molecule has 2 rings (SSSR count). The van der Waals surface area contributed by atoms with Gasteiger partial charge in [0.25, 0.3) is 0 Å². The van der Waals surface area contributed by atoms with Gasteiger partial charge in [-0.3, -0.25) is 0 Å². The van der Waals surface area contributed by atoms with E-state index in [1.165, 1.54) is 0 Å². The Labute approximate surface area is 92.9 Å². The number of carboxylic acid groups (broad SMARTS) is 1. The number of ether oxygens (including phenoxy) is 1. The van der Waals surface area contributed by atoms with Crippen molar-refractivity contribution in [2.45, 2.75) is 13.0 Å². The predicted molar refractivity (Wildman–Crippen MR) is 60.3 cm³/mol. The van der Waals surface area contributed by atoms with Crippen molar-refractivity contribution >= 4 is 16.9 Å². The molecule has 0 aliphatic heterocycles. The number of hydrogen-bond acceptors (Lipinski definition) is 2. The minimum Gasteiger partial charge on any atom is -0.479 e. The van der Waals surface area contributed by atoms with Crippen molar-refractivity contribution in [2.24, 2.45) is 0 Å². The fraction of sp³-hybridized carbons (Fsp3) is 0.250. The predicted octanol–water partition coefficient (Wildman–Crippen LogP) is 2.33. The zero-order chi connectivity index (χ0) is 11.5. The number of H-pyrrole nitrogens is 1. The van der Waals surface area contributed by atoms with Crippen molar-refractivity contribution < 1.29 is 14.6 Å². The lowest BCUT2D eigenvalue weighted by Crippen LogP contribution is -2.14. The second-order valence-corrected chi connectivity index (χ2v) is 3.46. The van der Waals surface area contributed by atoms with Crippen molar-refractivity contribution in [3.8, 4) is 0 Å². The number of para-hydroxylation sites is 1. The largest absolute Gasteiger partial charge is 0.479 e. The van der Waals surface area contributed by atoms with Gasteiger partial charge in [0.15, 0.2) is 6.10 Å². The average Bonchev–Trinajstić information content (AvgIpc) is 2.69. The van der Waals surface area contributed by atoms with Crippen LogP contribution in [-0.2, 0) is 9.53 Å². The summed E-state index contributed by atoms with van der Waals surface area (Å²) in [5.74, 6) is -0.966. The number of benzene rings is 1. The topological polar surface area (TPSA) is 62.3 Å². The van der Waals surface area contributed by atoms with E-state index >= 15 is 0 Å². The molecule has 0 aliphatic carbocycles. The average molecular weight is 219 g/mol. The van der Waals surface area contributed by atoms with Gasteiger partial charge >= 0.3 is 5.97 Å². The molecule has 0 bridgehead atoms. The third-order valence-electron chi connectivity index (χ3n) is 2.46. The lowest BCUT2D eigenvalue weighted by Gasteiger charge is -2.11. The number of aliphatic carboxylic acids is 1. The fourth-order valence-electron chi connectivity index (χ4n) is 1.77. The maximum Gasteiger partial charge on any atom is 0.337 e. The van der Waals surface area contributed by atoms with Crippen LogP contribution >= 0.6 is 0 Å². The van der Waals surface area contributed by atoms with Gasteiger partial charge in [0.05, 0.1) is 0 Å². The third-order valence-corrected chi connectivity index (χ3v) is 2.46. The molecule has 0 fully saturated rings. The van der Waals surface area contributed by atoms with Crippen molar-refractivity contribution in [1.82, 2.24) is 4.98 Å². The Hall–Kier alpha value is -1.81. The zero-order valence-electron chi connectivity index (χ0n) is 8.93. The monoisotopic (exact) mass is 219 g/mol. The molecule has 1 atom stereocenters. The van der Waals surface area contributed by atoms with Crippen LogP contribution in [0.3, 0.4) is 0 Å². The van der Waals surface area contributed by atoms with Crippen LogP contribution in [0.1, 0.15) is 18.6 Å². The van der Waals surface area contributed by atoms with Crippen molar-refractivity contribution in [3.05, 3.63) is 36.0 Å². The highest BCUT2D eigenvalue weighted by molar-refractivity contribution is 5.88. The number of aromatic amines is 1. The Morgan fingerprint density at radius 1 is 1.50 bits per heavy atom. The summed E-state index contributed by atoms with van der Waals surface area (Å²) >= 11 is 0. The minimum absolute atomic E-state index is 0.372. The number of rotatable bonds is 4. The molecule has 1 aromatic heterocycles. The molecule has 84 valence electrons. The molecule has 0 saturated heterocycles. The summed E-state index contributed by atoms with van der Waals surface area (Å²) in [6.07, 6.45) is 0.792. The minimum atomic E-state index is -0.966. The Bertz CT molecular complexity index is 504. The van der Waals surface area contributed by atoms with E-state index in [2.05, 4.69) is 4.98 Å². The number of hydrogen-bond donors (Lipinski definition) is 2. The Kier molecular flexibility index (Phi) is 2.92. The van der Waals surface area contributed by atoms with Crippen LogP contribution in [0.2, 0.25) is 0 Å². The van der Waals surface area contributed by atoms with E-state index in [4.69, 9.17) is 9.84 Å². The van der Waals surface area contributed by atoms with Crippen LogP contribution in [0, 0.1) is 0 Å². The van der Waals surface area contributed by atoms with Crippen LogP contribution in [0.4, 0.5) is 0 Å². The summed E-state index contributed by atoms with van der Waals surface area (Å²) in [5.41, 5.74) is 1.59. The third kappa shape index (κ3) is 1.79. The van der Waals surface area contributed by atoms with Crippen molar-refractivity contribution in [2.75, 3.05) is 6.61 Å².